The van der Waals surface area contributed by atoms with Gasteiger partial charge in [0, 0.05) is 11.3 Å². The second-order valence-corrected chi connectivity index (χ2v) is 7.99. The Balaban J connectivity index is 2.15. The van der Waals surface area contributed by atoms with Crippen LogP contribution < -0.4 is 5.32 Å². The summed E-state index contributed by atoms with van der Waals surface area (Å²) in [7, 11) is -3.34. The van der Waals surface area contributed by atoms with Crippen molar-refractivity contribution >= 4 is 27.4 Å². The molecule has 0 aromatic heterocycles. The number of rotatable bonds is 8. The van der Waals surface area contributed by atoms with E-state index in [1.807, 2.05) is 6.92 Å². The number of hydrogen-bond donors (Lipinski definition) is 2. The second kappa shape index (κ2) is 8.62. The molecule has 0 atom stereocenters. The number of unbranched alkanes of at least 4 members (excludes halogenated alkanes) is 1. The Morgan fingerprint density at radius 3 is 2.31 bits per heavy atom. The smallest absolute Gasteiger partial charge is 0.307 e. The first-order chi connectivity index (χ1) is 12.3. The number of carbonyl (C=O) groups excluding carboxylic acids is 1. The lowest BCUT2D eigenvalue weighted by atomic mass is 10.1. The largest absolute Gasteiger partial charge is 0.481 e. The van der Waals surface area contributed by atoms with E-state index in [0.717, 1.165) is 6.42 Å². The summed E-state index contributed by atoms with van der Waals surface area (Å²) < 4.78 is 24.3. The summed E-state index contributed by atoms with van der Waals surface area (Å²) >= 11 is 0. The van der Waals surface area contributed by atoms with Crippen LogP contribution in [0.2, 0.25) is 0 Å². The maximum absolute atomic E-state index is 12.4. The quantitative estimate of drug-likeness (QED) is 0.738. The van der Waals surface area contributed by atoms with Gasteiger partial charge in [-0.25, -0.2) is 8.42 Å². The monoisotopic (exact) mass is 375 g/mol. The van der Waals surface area contributed by atoms with Crippen molar-refractivity contribution < 1.29 is 23.1 Å². The van der Waals surface area contributed by atoms with Crippen molar-refractivity contribution in [3.05, 3.63) is 59.7 Å². The van der Waals surface area contributed by atoms with Gasteiger partial charge in [0.2, 0.25) is 0 Å². The molecule has 2 rings (SSSR count). The number of aliphatic carboxylic acids is 1. The van der Waals surface area contributed by atoms with E-state index in [0.29, 0.717) is 23.2 Å². The number of carbonyl (C=O) groups is 2. The van der Waals surface area contributed by atoms with Crippen LogP contribution in [0.1, 0.15) is 35.7 Å². The molecule has 2 aromatic carbocycles. The molecule has 0 spiro atoms. The van der Waals surface area contributed by atoms with Gasteiger partial charge in [0.05, 0.1) is 17.1 Å². The van der Waals surface area contributed by atoms with Gasteiger partial charge in [0.15, 0.2) is 9.84 Å². The molecule has 0 saturated carbocycles. The Hall–Kier alpha value is -2.67. The number of nitrogens with one attached hydrogen (secondary N) is 1. The predicted molar refractivity (Wildman–Crippen MR) is 99.1 cm³/mol. The third kappa shape index (κ3) is 5.16. The number of hydrogen-bond acceptors (Lipinski definition) is 4. The van der Waals surface area contributed by atoms with Gasteiger partial charge in [0.25, 0.3) is 5.91 Å². The highest BCUT2D eigenvalue weighted by molar-refractivity contribution is 7.91. The summed E-state index contributed by atoms with van der Waals surface area (Å²) in [5, 5.41) is 11.6. The van der Waals surface area contributed by atoms with E-state index in [1.54, 1.807) is 24.3 Å². The third-order valence-corrected chi connectivity index (χ3v) is 5.67. The molecule has 0 aliphatic rings. The van der Waals surface area contributed by atoms with Gasteiger partial charge in [-0.1, -0.05) is 31.5 Å². The van der Waals surface area contributed by atoms with Crippen molar-refractivity contribution in [1.82, 2.24) is 0 Å². The second-order valence-electron chi connectivity index (χ2n) is 5.88. The van der Waals surface area contributed by atoms with Crippen molar-refractivity contribution in [2.24, 2.45) is 0 Å². The van der Waals surface area contributed by atoms with Crippen LogP contribution >= 0.6 is 0 Å². The molecule has 0 saturated heterocycles. The van der Waals surface area contributed by atoms with Crippen molar-refractivity contribution in [3.8, 4) is 0 Å². The third-order valence-electron chi connectivity index (χ3n) is 3.85. The van der Waals surface area contributed by atoms with E-state index in [4.69, 9.17) is 5.11 Å². The lowest BCUT2D eigenvalue weighted by Crippen LogP contribution is -2.15. The molecular formula is C19H21NO5S. The molecule has 0 bridgehead atoms. The molecular weight excluding hydrogens is 354 g/mol. The summed E-state index contributed by atoms with van der Waals surface area (Å²) in [6.45, 7) is 1.92. The van der Waals surface area contributed by atoms with Crippen LogP contribution in [0.15, 0.2) is 53.4 Å². The molecule has 0 aliphatic carbocycles. The number of amides is 1. The topological polar surface area (TPSA) is 101 Å². The van der Waals surface area contributed by atoms with Crippen LogP contribution in [0.5, 0.6) is 0 Å². The zero-order chi connectivity index (χ0) is 19.2. The average Bonchev–Trinajstić information content (AvgIpc) is 2.61. The normalized spacial score (nSPS) is 11.1. The molecule has 0 radical (unpaired) electrons. The highest BCUT2D eigenvalue weighted by Gasteiger charge is 2.15. The summed E-state index contributed by atoms with van der Waals surface area (Å²) in [5.41, 5.74) is 1.20. The van der Waals surface area contributed by atoms with Gasteiger partial charge in [-0.05, 0) is 42.3 Å². The Morgan fingerprint density at radius 1 is 1.04 bits per heavy atom. The molecule has 26 heavy (non-hydrogen) atoms. The summed E-state index contributed by atoms with van der Waals surface area (Å²) in [6, 6.07) is 12.4. The molecule has 138 valence electrons. The molecule has 0 unspecified atom stereocenters. The minimum atomic E-state index is -3.34. The van der Waals surface area contributed by atoms with Crippen LogP contribution in [-0.4, -0.2) is 31.2 Å². The Morgan fingerprint density at radius 2 is 1.69 bits per heavy atom. The molecule has 0 fully saturated rings. The number of anilines is 1. The summed E-state index contributed by atoms with van der Waals surface area (Å²) in [5.74, 6) is -1.34. The Bertz CT molecular complexity index is 888. The molecule has 0 aliphatic heterocycles. The molecule has 2 aromatic rings. The van der Waals surface area contributed by atoms with E-state index < -0.39 is 21.7 Å². The molecule has 1 amide bonds. The van der Waals surface area contributed by atoms with Crippen molar-refractivity contribution in [2.75, 3.05) is 11.1 Å². The number of sulfone groups is 1. The zero-order valence-electron chi connectivity index (χ0n) is 14.4. The van der Waals surface area contributed by atoms with Crippen molar-refractivity contribution in [1.29, 1.82) is 0 Å². The van der Waals surface area contributed by atoms with E-state index in [1.165, 1.54) is 24.3 Å². The fourth-order valence-electron chi connectivity index (χ4n) is 2.42. The van der Waals surface area contributed by atoms with E-state index in [9.17, 15) is 18.0 Å². The Labute approximate surface area is 152 Å². The van der Waals surface area contributed by atoms with Crippen LogP contribution in [-0.2, 0) is 21.1 Å². The lowest BCUT2D eigenvalue weighted by molar-refractivity contribution is -0.136. The minimum Gasteiger partial charge on any atom is -0.481 e. The molecule has 6 nitrogen and oxygen atoms in total. The summed E-state index contributed by atoms with van der Waals surface area (Å²) in [4.78, 5) is 23.5. The van der Waals surface area contributed by atoms with Gasteiger partial charge < -0.3 is 10.4 Å². The van der Waals surface area contributed by atoms with Gasteiger partial charge in [-0.3, -0.25) is 9.59 Å². The molecule has 2 N–H and O–H groups in total. The highest BCUT2D eigenvalue weighted by atomic mass is 32.2. The molecule has 0 heterocycles. The number of para-hydroxylation sites is 1. The zero-order valence-corrected chi connectivity index (χ0v) is 15.3. The maximum atomic E-state index is 12.4. The summed E-state index contributed by atoms with van der Waals surface area (Å²) in [6.07, 6.45) is 1.17. The van der Waals surface area contributed by atoms with E-state index in [-0.39, 0.29) is 17.1 Å². The highest BCUT2D eigenvalue weighted by Crippen LogP contribution is 2.18. The Kier molecular flexibility index (Phi) is 6.52. The van der Waals surface area contributed by atoms with Gasteiger partial charge >= 0.3 is 5.97 Å². The standard InChI is InChI=1S/C19H21NO5S/c1-2-3-12-26(24,25)16-10-8-14(9-11-16)19(23)20-17-7-5-4-6-15(17)13-18(21)22/h4-11H,2-3,12-13H2,1H3,(H,20,23)(H,21,22). The van der Waals surface area contributed by atoms with Crippen LogP contribution in [0.4, 0.5) is 5.69 Å². The van der Waals surface area contributed by atoms with Crippen molar-refractivity contribution in [3.63, 3.8) is 0 Å². The lowest BCUT2D eigenvalue weighted by Gasteiger charge is -2.10. The first-order valence-electron chi connectivity index (χ1n) is 8.27. The predicted octanol–water partition coefficient (Wildman–Crippen LogP) is 3.14. The van der Waals surface area contributed by atoms with Crippen molar-refractivity contribution in [2.45, 2.75) is 31.1 Å². The average molecular weight is 375 g/mol. The van der Waals surface area contributed by atoms with E-state index >= 15 is 0 Å². The van der Waals surface area contributed by atoms with Gasteiger partial charge in [-0.2, -0.15) is 0 Å². The minimum absolute atomic E-state index is 0.0810. The van der Waals surface area contributed by atoms with Gasteiger partial charge in [0.1, 0.15) is 0 Å². The first kappa shape index (κ1) is 19.7. The number of benzene rings is 2. The fraction of sp³-hybridized carbons (Fsp3) is 0.263. The maximum Gasteiger partial charge on any atom is 0.307 e. The van der Waals surface area contributed by atoms with Crippen LogP contribution in [0.25, 0.3) is 0 Å². The van der Waals surface area contributed by atoms with E-state index in [2.05, 4.69) is 5.32 Å². The number of carboxylic acids is 1. The first-order valence-corrected chi connectivity index (χ1v) is 9.92. The SMILES string of the molecule is CCCCS(=O)(=O)c1ccc(C(=O)Nc2ccccc2CC(=O)O)cc1. The van der Waals surface area contributed by atoms with Crippen LogP contribution in [0, 0.1) is 0 Å². The fourth-order valence-corrected chi connectivity index (χ4v) is 3.87. The van der Waals surface area contributed by atoms with Crippen LogP contribution in [0.3, 0.4) is 0 Å². The van der Waals surface area contributed by atoms with Gasteiger partial charge in [-0.15, -0.1) is 0 Å². The molecule has 7 heteroatoms. The number of carboxylic acid groups (broad SMARTS) is 1.